The maximum Gasteiger partial charge on any atom is 0.225 e. The van der Waals surface area contributed by atoms with Crippen LogP contribution in [0, 0.1) is 0 Å². The van der Waals surface area contributed by atoms with Crippen LogP contribution in [0.25, 0.3) is 10.2 Å². The molecule has 5 heteroatoms. The molecule has 1 heterocycles. The molecule has 0 saturated heterocycles. The van der Waals surface area contributed by atoms with E-state index < -0.39 is 0 Å². The van der Waals surface area contributed by atoms with Crippen LogP contribution in [0.4, 0.5) is 5.69 Å². The minimum atomic E-state index is -0.118. The number of benzene rings is 1. The number of thiazole rings is 1. The van der Waals surface area contributed by atoms with Gasteiger partial charge in [-0.25, -0.2) is 4.98 Å². The van der Waals surface area contributed by atoms with Crippen LogP contribution in [0.15, 0.2) is 23.7 Å². The first-order valence-corrected chi connectivity index (χ1v) is 5.92. The summed E-state index contributed by atoms with van der Waals surface area (Å²) in [4.78, 5) is 15.7. The molecule has 0 bridgehead atoms. The molecule has 1 aromatic carbocycles. The summed E-state index contributed by atoms with van der Waals surface area (Å²) in [5.41, 5.74) is 9.09. The van der Waals surface area contributed by atoms with Crippen LogP contribution in [-0.4, -0.2) is 16.9 Å². The van der Waals surface area contributed by atoms with E-state index in [1.807, 2.05) is 25.1 Å². The first-order valence-electron chi connectivity index (χ1n) is 5.04. The quantitative estimate of drug-likeness (QED) is 0.854. The monoisotopic (exact) mass is 235 g/mol. The lowest BCUT2D eigenvalue weighted by Gasteiger charge is -2.06. The van der Waals surface area contributed by atoms with Crippen molar-refractivity contribution in [3.63, 3.8) is 0 Å². The van der Waals surface area contributed by atoms with Crippen LogP contribution in [0.5, 0.6) is 0 Å². The summed E-state index contributed by atoms with van der Waals surface area (Å²) in [6.45, 7) is 1.81. The van der Waals surface area contributed by atoms with Crippen molar-refractivity contribution in [1.29, 1.82) is 0 Å². The topological polar surface area (TPSA) is 68.0 Å². The Kier molecular flexibility index (Phi) is 3.17. The van der Waals surface area contributed by atoms with Crippen LogP contribution in [0.3, 0.4) is 0 Å². The number of aromatic nitrogens is 1. The standard InChI is InChI=1S/C11H13N3OS/c1-7(12)4-11(15)14-8-2-3-9-10(5-8)16-6-13-9/h2-3,5-7H,4,12H2,1H3,(H,14,15). The molecule has 1 aromatic heterocycles. The number of nitrogens with zero attached hydrogens (tertiary/aromatic N) is 1. The van der Waals surface area contributed by atoms with E-state index >= 15 is 0 Å². The minimum Gasteiger partial charge on any atom is -0.327 e. The molecular formula is C11H13N3OS. The lowest BCUT2D eigenvalue weighted by Crippen LogP contribution is -2.23. The van der Waals surface area contributed by atoms with Gasteiger partial charge in [0, 0.05) is 18.2 Å². The van der Waals surface area contributed by atoms with Crippen LogP contribution < -0.4 is 11.1 Å². The molecule has 3 N–H and O–H groups in total. The van der Waals surface area contributed by atoms with Crippen molar-refractivity contribution in [3.05, 3.63) is 23.7 Å². The molecule has 0 saturated carbocycles. The van der Waals surface area contributed by atoms with Gasteiger partial charge in [0.15, 0.2) is 0 Å². The number of carbonyl (C=O) groups is 1. The van der Waals surface area contributed by atoms with Crippen molar-refractivity contribution >= 4 is 33.1 Å². The Hall–Kier alpha value is -1.46. The zero-order valence-electron chi connectivity index (χ0n) is 8.93. The first kappa shape index (κ1) is 11.0. The van der Waals surface area contributed by atoms with Crippen LogP contribution in [0.1, 0.15) is 13.3 Å². The fraction of sp³-hybridized carbons (Fsp3) is 0.273. The number of amides is 1. The Labute approximate surface area is 97.5 Å². The molecule has 2 rings (SSSR count). The third-order valence-corrected chi connectivity index (χ3v) is 2.91. The number of anilines is 1. The molecule has 84 valence electrons. The van der Waals surface area contributed by atoms with Gasteiger partial charge >= 0.3 is 0 Å². The van der Waals surface area contributed by atoms with E-state index in [4.69, 9.17) is 5.73 Å². The van der Waals surface area contributed by atoms with E-state index in [1.165, 1.54) is 0 Å². The molecule has 2 aromatic rings. The zero-order chi connectivity index (χ0) is 11.5. The fourth-order valence-corrected chi connectivity index (χ4v) is 2.15. The Morgan fingerprint density at radius 2 is 2.44 bits per heavy atom. The van der Waals surface area contributed by atoms with Crippen LogP contribution >= 0.6 is 11.3 Å². The van der Waals surface area contributed by atoms with Gasteiger partial charge in [0.2, 0.25) is 5.91 Å². The molecule has 0 spiro atoms. The Morgan fingerprint density at radius 3 is 3.19 bits per heavy atom. The second-order valence-electron chi connectivity index (χ2n) is 3.76. The maximum absolute atomic E-state index is 11.5. The molecule has 0 radical (unpaired) electrons. The van der Waals surface area contributed by atoms with Gasteiger partial charge in [-0.1, -0.05) is 0 Å². The first-order chi connectivity index (χ1) is 7.65. The van der Waals surface area contributed by atoms with Crippen LogP contribution in [0.2, 0.25) is 0 Å². The average molecular weight is 235 g/mol. The smallest absolute Gasteiger partial charge is 0.225 e. The van der Waals surface area contributed by atoms with E-state index in [9.17, 15) is 4.79 Å². The van der Waals surface area contributed by atoms with Crippen molar-refractivity contribution in [2.75, 3.05) is 5.32 Å². The number of fused-ring (bicyclic) bond motifs is 1. The van der Waals surface area contributed by atoms with Gasteiger partial charge in [0.25, 0.3) is 0 Å². The van der Waals surface area contributed by atoms with E-state index in [2.05, 4.69) is 10.3 Å². The van der Waals surface area contributed by atoms with Crippen molar-refractivity contribution in [2.45, 2.75) is 19.4 Å². The summed E-state index contributed by atoms with van der Waals surface area (Å²) in [5.74, 6) is -0.0566. The predicted octanol–water partition coefficient (Wildman–Crippen LogP) is 1.97. The molecule has 1 amide bonds. The number of nitrogens with two attached hydrogens (primary N) is 1. The molecule has 0 aliphatic carbocycles. The lowest BCUT2D eigenvalue weighted by atomic mass is 10.2. The van der Waals surface area contributed by atoms with Crippen molar-refractivity contribution in [2.24, 2.45) is 5.73 Å². The number of rotatable bonds is 3. The van der Waals surface area contributed by atoms with E-state index in [1.54, 1.807) is 16.8 Å². The lowest BCUT2D eigenvalue weighted by molar-refractivity contribution is -0.116. The molecule has 16 heavy (non-hydrogen) atoms. The summed E-state index contributed by atoms with van der Waals surface area (Å²) in [6.07, 6.45) is 0.334. The van der Waals surface area contributed by atoms with Crippen molar-refractivity contribution in [3.8, 4) is 0 Å². The summed E-state index contributed by atoms with van der Waals surface area (Å²) >= 11 is 1.56. The molecule has 0 aliphatic rings. The SMILES string of the molecule is CC(N)CC(=O)Nc1ccc2ncsc2c1. The third-order valence-electron chi connectivity index (χ3n) is 2.12. The number of hydrogen-bond donors (Lipinski definition) is 2. The Bertz CT molecular complexity index is 507. The minimum absolute atomic E-state index is 0.0566. The van der Waals surface area contributed by atoms with Crippen LogP contribution in [-0.2, 0) is 4.79 Å². The average Bonchev–Trinajstić information content (AvgIpc) is 2.63. The second kappa shape index (κ2) is 4.59. The highest BCUT2D eigenvalue weighted by atomic mass is 32.1. The zero-order valence-corrected chi connectivity index (χ0v) is 9.75. The molecule has 1 unspecified atom stereocenters. The number of hydrogen-bond acceptors (Lipinski definition) is 4. The summed E-state index contributed by atoms with van der Waals surface area (Å²) in [6, 6.07) is 5.55. The molecule has 1 atom stereocenters. The van der Waals surface area contributed by atoms with Gasteiger partial charge < -0.3 is 11.1 Å². The molecule has 4 nitrogen and oxygen atoms in total. The van der Waals surface area contributed by atoms with E-state index in [-0.39, 0.29) is 11.9 Å². The van der Waals surface area contributed by atoms with E-state index in [0.29, 0.717) is 6.42 Å². The number of nitrogens with one attached hydrogen (secondary N) is 1. The highest BCUT2D eigenvalue weighted by molar-refractivity contribution is 7.16. The van der Waals surface area contributed by atoms with Crippen molar-refractivity contribution < 1.29 is 4.79 Å². The highest BCUT2D eigenvalue weighted by Crippen LogP contribution is 2.21. The summed E-state index contributed by atoms with van der Waals surface area (Å²) < 4.78 is 1.07. The van der Waals surface area contributed by atoms with Gasteiger partial charge in [-0.3, -0.25) is 4.79 Å². The third kappa shape index (κ3) is 2.56. The Balaban J connectivity index is 2.11. The normalized spacial score (nSPS) is 12.6. The largest absolute Gasteiger partial charge is 0.327 e. The van der Waals surface area contributed by atoms with Crippen molar-refractivity contribution in [1.82, 2.24) is 4.98 Å². The highest BCUT2D eigenvalue weighted by Gasteiger charge is 2.06. The predicted molar refractivity (Wildman–Crippen MR) is 66.5 cm³/mol. The summed E-state index contributed by atoms with van der Waals surface area (Å²) in [7, 11) is 0. The van der Waals surface area contributed by atoms with Gasteiger partial charge in [-0.15, -0.1) is 11.3 Å². The fourth-order valence-electron chi connectivity index (χ4n) is 1.44. The van der Waals surface area contributed by atoms with E-state index in [0.717, 1.165) is 15.9 Å². The molecule has 0 fully saturated rings. The molecule has 0 aliphatic heterocycles. The Morgan fingerprint density at radius 1 is 1.62 bits per heavy atom. The maximum atomic E-state index is 11.5. The summed E-state index contributed by atoms with van der Waals surface area (Å²) in [5, 5.41) is 2.82. The van der Waals surface area contributed by atoms with Gasteiger partial charge in [-0.05, 0) is 25.1 Å². The van der Waals surface area contributed by atoms with Gasteiger partial charge in [0.1, 0.15) is 0 Å². The number of carbonyl (C=O) groups excluding carboxylic acids is 1. The molecular weight excluding hydrogens is 222 g/mol. The van der Waals surface area contributed by atoms with Gasteiger partial charge in [-0.2, -0.15) is 0 Å². The second-order valence-corrected chi connectivity index (χ2v) is 4.65. The van der Waals surface area contributed by atoms with Gasteiger partial charge in [0.05, 0.1) is 15.7 Å².